The zero-order valence-corrected chi connectivity index (χ0v) is 34.3. The minimum absolute atomic E-state index is 0.0875. The first-order valence-corrected chi connectivity index (χ1v) is 20.6. The average molecular weight is 778 g/mol. The lowest BCUT2D eigenvalue weighted by atomic mass is 9.52. The molecule has 2 fully saturated rings. The summed E-state index contributed by atoms with van der Waals surface area (Å²) in [4.78, 5) is 30.6. The molecule has 6 atom stereocenters. The molecule has 57 heavy (non-hydrogen) atoms. The second kappa shape index (κ2) is 13.4. The number of carbonyl (C=O) groups excluding carboxylic acids is 2. The molecular formula is C45H55N5O7. The normalized spacial score (nSPS) is 26.1. The number of benzene rings is 1. The van der Waals surface area contributed by atoms with E-state index in [0.29, 0.717) is 24.4 Å². The lowest BCUT2D eigenvalue weighted by molar-refractivity contribution is -0.0454. The number of phenols is 1. The van der Waals surface area contributed by atoms with Crippen molar-refractivity contribution in [2.24, 2.45) is 5.92 Å². The number of ether oxygens (including phenoxy) is 3. The Morgan fingerprint density at radius 3 is 2.51 bits per heavy atom. The van der Waals surface area contributed by atoms with Gasteiger partial charge in [-0.05, 0) is 116 Å². The lowest BCUT2D eigenvalue weighted by Gasteiger charge is -2.56. The number of aromatic nitrogens is 3. The summed E-state index contributed by atoms with van der Waals surface area (Å²) in [6.45, 7) is 15.6. The van der Waals surface area contributed by atoms with Gasteiger partial charge in [0.1, 0.15) is 17.8 Å². The molecule has 12 nitrogen and oxygen atoms in total. The van der Waals surface area contributed by atoms with Crippen LogP contribution in [0.1, 0.15) is 111 Å². The Balaban J connectivity index is 1.11. The van der Waals surface area contributed by atoms with Gasteiger partial charge in [0.05, 0.1) is 23.9 Å². The number of likely N-dealkylation sites (tertiary alicyclic amines) is 2. The number of piperidine rings is 2. The van der Waals surface area contributed by atoms with Crippen LogP contribution in [0.25, 0.3) is 16.6 Å². The van der Waals surface area contributed by atoms with Crippen LogP contribution in [0.3, 0.4) is 0 Å². The number of esters is 1. The van der Waals surface area contributed by atoms with Gasteiger partial charge in [-0.3, -0.25) is 4.68 Å². The van der Waals surface area contributed by atoms with Gasteiger partial charge in [0, 0.05) is 76.7 Å². The largest absolute Gasteiger partial charge is 0.504 e. The highest BCUT2D eigenvalue weighted by Gasteiger charge is 2.64. The number of aromatic hydroxyl groups is 1. The van der Waals surface area contributed by atoms with Gasteiger partial charge < -0.3 is 38.6 Å². The summed E-state index contributed by atoms with van der Waals surface area (Å²) in [6.07, 6.45) is 11.5. The van der Waals surface area contributed by atoms with Crippen molar-refractivity contribution < 1.29 is 34.0 Å². The molecule has 1 amide bonds. The number of carbonyl (C=O) groups is 2. The third-order valence-electron chi connectivity index (χ3n) is 13.4. The van der Waals surface area contributed by atoms with Gasteiger partial charge in [-0.15, -0.1) is 0 Å². The number of hydrogen-bond acceptors (Lipinski definition) is 9. The first-order chi connectivity index (χ1) is 27.1. The first-order valence-electron chi connectivity index (χ1n) is 20.6. The summed E-state index contributed by atoms with van der Waals surface area (Å²) in [7, 11) is 2.19. The molecule has 2 aliphatic carbocycles. The number of likely N-dealkylation sites (N-methyl/N-ethyl adjacent to an activating group) is 1. The van der Waals surface area contributed by atoms with Crippen LogP contribution in [0.5, 0.6) is 11.5 Å². The molecule has 6 heterocycles. The Labute approximate surface area is 334 Å². The smallest absolute Gasteiger partial charge is 0.410 e. The van der Waals surface area contributed by atoms with E-state index >= 15 is 0 Å². The maximum Gasteiger partial charge on any atom is 0.410 e. The number of amides is 1. The molecule has 12 heteroatoms. The molecule has 0 saturated carbocycles. The second-order valence-electron chi connectivity index (χ2n) is 18.3. The number of phenolic OH excluding ortho intramolecular Hbond substituents is 1. The molecule has 3 aliphatic heterocycles. The molecule has 9 rings (SSSR count). The Hall–Kier alpha value is -4.81. The summed E-state index contributed by atoms with van der Waals surface area (Å²) in [5, 5.41) is 27.8. The van der Waals surface area contributed by atoms with Crippen molar-refractivity contribution in [1.29, 1.82) is 0 Å². The summed E-state index contributed by atoms with van der Waals surface area (Å²) in [6, 6.07) is 6.23. The molecule has 3 aromatic heterocycles. The molecule has 302 valence electrons. The Morgan fingerprint density at radius 1 is 1.04 bits per heavy atom. The summed E-state index contributed by atoms with van der Waals surface area (Å²) < 4.78 is 22.1. The number of aliphatic hydroxyl groups excluding tert-OH is 1. The van der Waals surface area contributed by atoms with Gasteiger partial charge in [-0.1, -0.05) is 19.1 Å². The van der Waals surface area contributed by atoms with Crippen LogP contribution in [-0.2, 0) is 21.3 Å². The topological polar surface area (TPSA) is 131 Å². The van der Waals surface area contributed by atoms with E-state index in [9.17, 15) is 19.8 Å². The van der Waals surface area contributed by atoms with Gasteiger partial charge in [-0.25, -0.2) is 9.59 Å². The van der Waals surface area contributed by atoms with Crippen molar-refractivity contribution in [3.05, 3.63) is 82.5 Å². The molecule has 4 aromatic rings. The standard InChI is InChI=1S/C45H55N5O7/c1-24(2)55-42(53)32-18-30-17-27(28-21-46-50(23-28)29-11-14-48(15-12-29)43(54)57-44(5,6)7)22-49(30)39(26(32)4)25(3)31-20-37(52)40-38-33(31)19-35-34-9-10-36(51)41(56-40)45(34,38)13-16-47(35)8/h9-10,17-18,20-25,29,34-36,41,51-52H,11-16,19H2,1-8H3/t25?,34-,35+,36-,41-,45-/m0/s1. The van der Waals surface area contributed by atoms with Gasteiger partial charge in [-0.2, -0.15) is 5.10 Å². The maximum absolute atomic E-state index is 13.7. The predicted molar refractivity (Wildman–Crippen MR) is 215 cm³/mol. The van der Waals surface area contributed by atoms with Gasteiger partial charge in [0.25, 0.3) is 0 Å². The van der Waals surface area contributed by atoms with E-state index in [1.54, 1.807) is 4.90 Å². The van der Waals surface area contributed by atoms with Crippen LogP contribution in [0.4, 0.5) is 4.79 Å². The molecule has 0 radical (unpaired) electrons. The van der Waals surface area contributed by atoms with E-state index in [0.717, 1.165) is 71.3 Å². The molecule has 2 N–H and O–H groups in total. The zero-order chi connectivity index (χ0) is 40.3. The van der Waals surface area contributed by atoms with Crippen molar-refractivity contribution in [3.8, 4) is 22.6 Å². The highest BCUT2D eigenvalue weighted by Crippen LogP contribution is 2.63. The number of rotatable bonds is 6. The van der Waals surface area contributed by atoms with Crippen molar-refractivity contribution in [2.45, 2.75) is 121 Å². The molecule has 1 unspecified atom stereocenters. The fourth-order valence-corrected chi connectivity index (χ4v) is 10.8. The van der Waals surface area contributed by atoms with E-state index in [1.807, 2.05) is 70.6 Å². The average Bonchev–Trinajstić information content (AvgIpc) is 3.89. The highest BCUT2D eigenvalue weighted by molar-refractivity contribution is 5.93. The minimum atomic E-state index is -0.762. The van der Waals surface area contributed by atoms with E-state index in [-0.39, 0.29) is 47.8 Å². The Morgan fingerprint density at radius 2 is 1.79 bits per heavy atom. The van der Waals surface area contributed by atoms with E-state index < -0.39 is 23.2 Å². The van der Waals surface area contributed by atoms with Crippen molar-refractivity contribution in [3.63, 3.8) is 0 Å². The fraction of sp³-hybridized carbons (Fsp3) is 0.533. The predicted octanol–water partition coefficient (Wildman–Crippen LogP) is 6.91. The quantitative estimate of drug-likeness (QED) is 0.158. The van der Waals surface area contributed by atoms with Crippen LogP contribution in [0, 0.1) is 12.8 Å². The molecule has 2 saturated heterocycles. The van der Waals surface area contributed by atoms with Crippen LogP contribution < -0.4 is 4.74 Å². The van der Waals surface area contributed by atoms with Gasteiger partial charge in [0.2, 0.25) is 0 Å². The van der Waals surface area contributed by atoms with Gasteiger partial charge >= 0.3 is 12.1 Å². The van der Waals surface area contributed by atoms with E-state index in [1.165, 1.54) is 5.56 Å². The third-order valence-corrected chi connectivity index (χ3v) is 13.4. The number of pyridine rings is 1. The van der Waals surface area contributed by atoms with Crippen molar-refractivity contribution in [1.82, 2.24) is 24.0 Å². The number of nitrogens with zero attached hydrogens (tertiary/aromatic N) is 5. The molecule has 5 aliphatic rings. The third kappa shape index (κ3) is 5.96. The molecule has 1 aromatic carbocycles. The SMILES string of the molecule is Cc1c(C(=O)OC(C)C)cc2cc(-c3cnn(C4CCN(C(=O)OC(C)(C)C)CC4)c3)cn2c1C(C)c1cc(O)c2c3c1C[C@@H]1[C@@H]4C=C[C@H](O)[C@H](O2)[C@]34CCN1C. The molecule has 1 spiro atoms. The van der Waals surface area contributed by atoms with Gasteiger partial charge in [0.15, 0.2) is 11.5 Å². The molecular weight excluding hydrogens is 723 g/mol. The van der Waals surface area contributed by atoms with Crippen LogP contribution >= 0.6 is 0 Å². The number of hydrogen-bond donors (Lipinski definition) is 2. The Bertz CT molecular complexity index is 2310. The fourth-order valence-electron chi connectivity index (χ4n) is 10.8. The first kappa shape index (κ1) is 37.7. The van der Waals surface area contributed by atoms with E-state index in [2.05, 4.69) is 47.8 Å². The summed E-state index contributed by atoms with van der Waals surface area (Å²) in [5.41, 5.74) is 7.28. The summed E-state index contributed by atoms with van der Waals surface area (Å²) >= 11 is 0. The number of fused-ring (bicyclic) bond motifs is 1. The highest BCUT2D eigenvalue weighted by atomic mass is 16.6. The minimum Gasteiger partial charge on any atom is -0.504 e. The van der Waals surface area contributed by atoms with Crippen molar-refractivity contribution in [2.75, 3.05) is 26.7 Å². The monoisotopic (exact) mass is 777 g/mol. The maximum atomic E-state index is 13.7. The van der Waals surface area contributed by atoms with Crippen LogP contribution in [0.2, 0.25) is 0 Å². The van der Waals surface area contributed by atoms with Crippen molar-refractivity contribution >= 4 is 17.6 Å². The zero-order valence-electron chi connectivity index (χ0n) is 34.3. The summed E-state index contributed by atoms with van der Waals surface area (Å²) in [5.74, 6) is 0.141. The number of aliphatic hydroxyl groups is 1. The van der Waals surface area contributed by atoms with E-state index in [4.69, 9.17) is 19.3 Å². The van der Waals surface area contributed by atoms with Crippen LogP contribution in [-0.4, -0.2) is 103 Å². The lowest BCUT2D eigenvalue weighted by Crippen LogP contribution is -2.64. The Kier molecular flexibility index (Phi) is 8.86. The molecule has 2 bridgehead atoms. The van der Waals surface area contributed by atoms with Crippen LogP contribution in [0.15, 0.2) is 48.9 Å². The second-order valence-corrected chi connectivity index (χ2v) is 18.3.